The number of anilines is 1. The van der Waals surface area contributed by atoms with E-state index >= 15 is 0 Å². The number of hydrogen-bond acceptors (Lipinski definition) is 2. The van der Waals surface area contributed by atoms with Crippen molar-refractivity contribution in [1.29, 1.82) is 0 Å². The van der Waals surface area contributed by atoms with Crippen LogP contribution in [0.4, 0.5) is 5.69 Å². The topological polar surface area (TPSA) is 16.1 Å². The number of aryl methyl sites for hydroxylation is 2. The second kappa shape index (κ2) is 4.47. The molecule has 2 aliphatic heterocycles. The first-order valence-electron chi connectivity index (χ1n) is 7.88. The van der Waals surface area contributed by atoms with Gasteiger partial charge in [-0.1, -0.05) is 6.92 Å². The summed E-state index contributed by atoms with van der Waals surface area (Å²) in [4.78, 5) is 7.26. The average Bonchev–Trinajstić information content (AvgIpc) is 2.45. The highest BCUT2D eigenvalue weighted by atomic mass is 15.2. The van der Waals surface area contributed by atoms with Gasteiger partial charge in [0.1, 0.15) is 0 Å². The zero-order valence-corrected chi connectivity index (χ0v) is 12.4. The maximum absolute atomic E-state index is 4.68. The van der Waals surface area contributed by atoms with Gasteiger partial charge in [0.25, 0.3) is 0 Å². The van der Waals surface area contributed by atoms with E-state index in [1.165, 1.54) is 42.6 Å². The van der Waals surface area contributed by atoms with Crippen molar-refractivity contribution >= 4 is 16.6 Å². The molecule has 1 aromatic carbocycles. The highest BCUT2D eigenvalue weighted by Gasteiger charge is 2.37. The van der Waals surface area contributed by atoms with Crippen LogP contribution in [0.5, 0.6) is 0 Å². The Morgan fingerprint density at radius 3 is 2.60 bits per heavy atom. The largest absolute Gasteiger partial charge is 0.371 e. The summed E-state index contributed by atoms with van der Waals surface area (Å²) in [5.74, 6) is 1.90. The number of rotatable bonds is 2. The molecule has 5 rings (SSSR count). The summed E-state index contributed by atoms with van der Waals surface area (Å²) in [6.45, 7) is 6.83. The number of hydrogen-bond donors (Lipinski definition) is 0. The van der Waals surface area contributed by atoms with E-state index in [0.717, 1.165) is 29.5 Å². The number of benzene rings is 1. The van der Waals surface area contributed by atoms with Gasteiger partial charge in [-0.05, 0) is 67.9 Å². The molecular weight excluding hydrogens is 244 g/mol. The van der Waals surface area contributed by atoms with Gasteiger partial charge in [0.2, 0.25) is 0 Å². The van der Waals surface area contributed by atoms with Crippen LogP contribution in [0.3, 0.4) is 0 Å². The molecule has 2 bridgehead atoms. The van der Waals surface area contributed by atoms with Gasteiger partial charge in [-0.2, -0.15) is 0 Å². The van der Waals surface area contributed by atoms with Crippen molar-refractivity contribution in [3.05, 3.63) is 35.5 Å². The Labute approximate surface area is 120 Å². The van der Waals surface area contributed by atoms with Gasteiger partial charge in [-0.3, -0.25) is 4.98 Å². The molecule has 1 saturated carbocycles. The van der Waals surface area contributed by atoms with Crippen molar-refractivity contribution in [1.82, 2.24) is 4.98 Å². The Morgan fingerprint density at radius 1 is 1.15 bits per heavy atom. The lowest BCUT2D eigenvalue weighted by Gasteiger charge is -2.48. The molecule has 2 aromatic rings. The molecule has 1 aliphatic carbocycles. The van der Waals surface area contributed by atoms with E-state index in [1.54, 1.807) is 0 Å². The van der Waals surface area contributed by atoms with Crippen molar-refractivity contribution < 1.29 is 0 Å². The number of aromatic nitrogens is 1. The van der Waals surface area contributed by atoms with Crippen molar-refractivity contribution in [3.8, 4) is 0 Å². The molecule has 3 fully saturated rings. The van der Waals surface area contributed by atoms with Crippen LogP contribution in [-0.4, -0.2) is 18.1 Å². The van der Waals surface area contributed by atoms with Gasteiger partial charge in [0, 0.05) is 29.9 Å². The highest BCUT2D eigenvalue weighted by molar-refractivity contribution is 5.86. The summed E-state index contributed by atoms with van der Waals surface area (Å²) in [6, 6.07) is 9.07. The Kier molecular flexibility index (Phi) is 2.73. The summed E-state index contributed by atoms with van der Waals surface area (Å²) in [6.07, 6.45) is 4.00. The van der Waals surface area contributed by atoms with Crippen LogP contribution < -0.4 is 4.90 Å². The third-order valence-corrected chi connectivity index (χ3v) is 5.04. The SMILES string of the molecule is CCc1cc(C)nc2ccc(N3CC4CC(C4)C3)cc12. The van der Waals surface area contributed by atoms with Crippen LogP contribution >= 0.6 is 0 Å². The van der Waals surface area contributed by atoms with E-state index in [2.05, 4.69) is 48.0 Å². The Balaban J connectivity index is 1.76. The summed E-state index contributed by atoms with van der Waals surface area (Å²) in [5, 5.41) is 1.34. The number of fused-ring (bicyclic) bond motifs is 3. The van der Waals surface area contributed by atoms with Gasteiger partial charge < -0.3 is 4.90 Å². The molecule has 20 heavy (non-hydrogen) atoms. The Morgan fingerprint density at radius 2 is 1.90 bits per heavy atom. The van der Waals surface area contributed by atoms with Crippen LogP contribution in [-0.2, 0) is 6.42 Å². The minimum atomic E-state index is 0.950. The molecule has 0 unspecified atom stereocenters. The number of piperidine rings is 2. The Bertz CT molecular complexity index is 646. The molecule has 104 valence electrons. The van der Waals surface area contributed by atoms with E-state index in [4.69, 9.17) is 0 Å². The fourth-order valence-electron chi connectivity index (χ4n) is 4.00. The van der Waals surface area contributed by atoms with Crippen LogP contribution in [0.25, 0.3) is 10.9 Å². The van der Waals surface area contributed by atoms with Crippen molar-refractivity contribution in [2.24, 2.45) is 11.8 Å². The lowest BCUT2D eigenvalue weighted by molar-refractivity contribution is 0.159. The van der Waals surface area contributed by atoms with Gasteiger partial charge in [0.15, 0.2) is 0 Å². The van der Waals surface area contributed by atoms with E-state index < -0.39 is 0 Å². The molecule has 1 aromatic heterocycles. The number of pyridine rings is 1. The maximum atomic E-state index is 4.68. The van der Waals surface area contributed by atoms with Crippen molar-refractivity contribution in [2.75, 3.05) is 18.0 Å². The molecule has 3 heterocycles. The highest BCUT2D eigenvalue weighted by Crippen LogP contribution is 2.41. The van der Waals surface area contributed by atoms with Gasteiger partial charge >= 0.3 is 0 Å². The van der Waals surface area contributed by atoms with Crippen LogP contribution in [0.2, 0.25) is 0 Å². The molecular formula is C18H22N2. The van der Waals surface area contributed by atoms with Gasteiger partial charge in [0.05, 0.1) is 5.52 Å². The van der Waals surface area contributed by atoms with E-state index in [1.807, 2.05) is 0 Å². The lowest BCUT2D eigenvalue weighted by Crippen LogP contribution is -2.48. The molecule has 0 atom stereocenters. The maximum Gasteiger partial charge on any atom is 0.0709 e. The summed E-state index contributed by atoms with van der Waals surface area (Å²) in [7, 11) is 0. The van der Waals surface area contributed by atoms with E-state index in [-0.39, 0.29) is 0 Å². The second-order valence-corrected chi connectivity index (χ2v) is 6.59. The van der Waals surface area contributed by atoms with E-state index in [0.29, 0.717) is 0 Å². The zero-order chi connectivity index (χ0) is 13.7. The second-order valence-electron chi connectivity index (χ2n) is 6.59. The smallest absolute Gasteiger partial charge is 0.0709 e. The fourth-order valence-corrected chi connectivity index (χ4v) is 4.00. The van der Waals surface area contributed by atoms with Gasteiger partial charge in [-0.15, -0.1) is 0 Å². The molecule has 2 saturated heterocycles. The van der Waals surface area contributed by atoms with E-state index in [9.17, 15) is 0 Å². The van der Waals surface area contributed by atoms with Crippen molar-refractivity contribution in [2.45, 2.75) is 33.1 Å². The summed E-state index contributed by atoms with van der Waals surface area (Å²) in [5.41, 5.74) is 5.10. The number of nitrogens with zero attached hydrogens (tertiary/aromatic N) is 2. The normalized spacial score (nSPS) is 24.8. The molecule has 0 N–H and O–H groups in total. The van der Waals surface area contributed by atoms with Crippen LogP contribution in [0.1, 0.15) is 31.0 Å². The summed E-state index contributed by atoms with van der Waals surface area (Å²) < 4.78 is 0. The fraction of sp³-hybridized carbons (Fsp3) is 0.500. The van der Waals surface area contributed by atoms with Gasteiger partial charge in [-0.25, -0.2) is 0 Å². The molecule has 0 spiro atoms. The molecule has 0 amide bonds. The lowest BCUT2D eigenvalue weighted by atomic mass is 9.71. The first kappa shape index (κ1) is 12.2. The van der Waals surface area contributed by atoms with Crippen LogP contribution in [0.15, 0.2) is 24.3 Å². The molecule has 2 heteroatoms. The predicted molar refractivity (Wildman–Crippen MR) is 84.3 cm³/mol. The molecule has 3 aliphatic rings. The van der Waals surface area contributed by atoms with Crippen LogP contribution in [0, 0.1) is 18.8 Å². The minimum absolute atomic E-state index is 0.950. The molecule has 0 radical (unpaired) electrons. The average molecular weight is 266 g/mol. The third kappa shape index (κ3) is 1.90. The Hall–Kier alpha value is -1.57. The minimum Gasteiger partial charge on any atom is -0.371 e. The quantitative estimate of drug-likeness (QED) is 0.818. The zero-order valence-electron chi connectivity index (χ0n) is 12.4. The monoisotopic (exact) mass is 266 g/mol. The first-order chi connectivity index (χ1) is 9.72. The molecule has 2 nitrogen and oxygen atoms in total. The third-order valence-electron chi connectivity index (χ3n) is 5.04. The standard InChI is InChI=1S/C18H22N2/c1-3-15-6-12(2)19-18-5-4-16(9-17(15)18)20-10-13-7-14(8-13)11-20/h4-6,9,13-14H,3,7-8,10-11H2,1-2H3. The van der Waals surface area contributed by atoms with Crippen molar-refractivity contribution in [3.63, 3.8) is 0 Å². The first-order valence-corrected chi connectivity index (χ1v) is 7.88. The summed E-state index contributed by atoms with van der Waals surface area (Å²) >= 11 is 0. The predicted octanol–water partition coefficient (Wildman–Crippen LogP) is 3.95.